The summed E-state index contributed by atoms with van der Waals surface area (Å²) in [6.45, 7) is 2.12. The fourth-order valence-electron chi connectivity index (χ4n) is 1.41. The third kappa shape index (κ3) is 3.17. The number of hydrogen-bond acceptors (Lipinski definition) is 5. The molecule has 2 aromatic rings. The minimum atomic E-state index is 0.0795. The molecule has 0 atom stereocenters. The number of aromatic hydroxyl groups is 1. The van der Waals surface area contributed by atoms with Crippen molar-refractivity contribution < 1.29 is 9.63 Å². The van der Waals surface area contributed by atoms with Crippen LogP contribution in [0.5, 0.6) is 5.75 Å². The number of aromatic nitrogens is 2. The topological polar surface area (TPSA) is 59.2 Å². The van der Waals surface area contributed by atoms with Gasteiger partial charge >= 0.3 is 0 Å². The van der Waals surface area contributed by atoms with E-state index < -0.39 is 0 Å². The third-order valence-corrected chi connectivity index (χ3v) is 3.63. The lowest BCUT2D eigenvalue weighted by Gasteiger charge is -1.98. The van der Waals surface area contributed by atoms with E-state index in [2.05, 4.69) is 17.1 Å². The Morgan fingerprint density at radius 1 is 1.44 bits per heavy atom. The summed E-state index contributed by atoms with van der Waals surface area (Å²) in [5, 5.41) is 14.1. The molecule has 0 unspecified atom stereocenters. The van der Waals surface area contributed by atoms with Crippen LogP contribution in [0, 0.1) is 0 Å². The molecule has 0 aliphatic heterocycles. The highest BCUT2D eigenvalue weighted by atomic mass is 35.5. The first-order valence-corrected chi connectivity index (χ1v) is 7.13. The van der Waals surface area contributed by atoms with Gasteiger partial charge in [0, 0.05) is 5.02 Å². The number of rotatable bonds is 5. The van der Waals surface area contributed by atoms with Crippen LogP contribution in [0.4, 0.5) is 0 Å². The van der Waals surface area contributed by atoms with Gasteiger partial charge in [-0.3, -0.25) is 0 Å². The lowest BCUT2D eigenvalue weighted by Crippen LogP contribution is -1.85. The predicted molar refractivity (Wildman–Crippen MR) is 72.9 cm³/mol. The Labute approximate surface area is 114 Å². The molecule has 0 spiro atoms. The molecular formula is C12H13ClN2O2S. The fourth-order valence-corrected chi connectivity index (χ4v) is 2.31. The minimum Gasteiger partial charge on any atom is -0.507 e. The zero-order chi connectivity index (χ0) is 13.0. The molecule has 0 aliphatic rings. The molecule has 1 N–H and O–H groups in total. The largest absolute Gasteiger partial charge is 0.507 e. The van der Waals surface area contributed by atoms with E-state index >= 15 is 0 Å². The van der Waals surface area contributed by atoms with Gasteiger partial charge in [0.2, 0.25) is 0 Å². The Balaban J connectivity index is 2.16. The van der Waals surface area contributed by atoms with Gasteiger partial charge in [0.25, 0.3) is 5.89 Å². The molecule has 1 aromatic heterocycles. The highest BCUT2D eigenvalue weighted by molar-refractivity contribution is 7.98. The molecule has 0 aliphatic carbocycles. The van der Waals surface area contributed by atoms with Crippen LogP contribution in [-0.4, -0.2) is 21.0 Å². The predicted octanol–water partition coefficient (Wildman–Crippen LogP) is 3.74. The van der Waals surface area contributed by atoms with Gasteiger partial charge in [-0.05, 0) is 30.4 Å². The molecule has 96 valence electrons. The summed E-state index contributed by atoms with van der Waals surface area (Å²) in [6, 6.07) is 4.72. The molecule has 1 aromatic carbocycles. The van der Waals surface area contributed by atoms with Crippen molar-refractivity contribution in [2.75, 3.05) is 5.75 Å². The molecule has 6 heteroatoms. The van der Waals surface area contributed by atoms with E-state index in [1.165, 1.54) is 6.07 Å². The third-order valence-electron chi connectivity index (χ3n) is 2.24. The van der Waals surface area contributed by atoms with E-state index in [-0.39, 0.29) is 5.75 Å². The molecule has 0 bridgehead atoms. The summed E-state index contributed by atoms with van der Waals surface area (Å²) in [6.07, 6.45) is 1.12. The number of benzene rings is 1. The van der Waals surface area contributed by atoms with Crippen LogP contribution in [0.2, 0.25) is 5.02 Å². The smallest absolute Gasteiger partial charge is 0.261 e. The van der Waals surface area contributed by atoms with Gasteiger partial charge in [-0.2, -0.15) is 16.7 Å². The zero-order valence-corrected chi connectivity index (χ0v) is 11.5. The number of nitrogens with zero attached hydrogens (tertiary/aromatic N) is 2. The molecule has 0 radical (unpaired) electrons. The van der Waals surface area contributed by atoms with Crippen LogP contribution >= 0.6 is 23.4 Å². The SMILES string of the molecule is CCCSCc1noc(-c2cc(Cl)ccc2O)n1. The van der Waals surface area contributed by atoms with Crippen molar-refractivity contribution in [2.24, 2.45) is 0 Å². The van der Waals surface area contributed by atoms with Crippen LogP contribution < -0.4 is 0 Å². The second-order valence-corrected chi connectivity index (χ2v) is 5.27. The molecule has 2 rings (SSSR count). The summed E-state index contributed by atoms with van der Waals surface area (Å²) >= 11 is 7.62. The fraction of sp³-hybridized carbons (Fsp3) is 0.333. The van der Waals surface area contributed by atoms with Crippen molar-refractivity contribution >= 4 is 23.4 Å². The van der Waals surface area contributed by atoms with Gasteiger partial charge < -0.3 is 9.63 Å². The van der Waals surface area contributed by atoms with Crippen LogP contribution in [0.3, 0.4) is 0 Å². The summed E-state index contributed by atoms with van der Waals surface area (Å²) in [5.41, 5.74) is 0.460. The number of phenols is 1. The maximum Gasteiger partial charge on any atom is 0.261 e. The molecular weight excluding hydrogens is 272 g/mol. The number of halogens is 1. The Bertz CT molecular complexity index is 531. The highest BCUT2D eigenvalue weighted by Gasteiger charge is 2.13. The second kappa shape index (κ2) is 6.11. The van der Waals surface area contributed by atoms with Gasteiger partial charge in [0.15, 0.2) is 5.82 Å². The monoisotopic (exact) mass is 284 g/mol. The van der Waals surface area contributed by atoms with Gasteiger partial charge in [0.1, 0.15) is 5.75 Å². The van der Waals surface area contributed by atoms with E-state index in [1.807, 2.05) is 0 Å². The Hall–Kier alpha value is -1.20. The zero-order valence-electron chi connectivity index (χ0n) is 9.89. The Morgan fingerprint density at radius 3 is 3.06 bits per heavy atom. The maximum atomic E-state index is 9.72. The van der Waals surface area contributed by atoms with Gasteiger partial charge in [-0.25, -0.2) is 0 Å². The molecule has 0 amide bonds. The Kier molecular flexibility index (Phi) is 4.49. The van der Waals surface area contributed by atoms with E-state index in [0.717, 1.165) is 12.2 Å². The summed E-state index contributed by atoms with van der Waals surface area (Å²) in [4.78, 5) is 4.24. The summed E-state index contributed by atoms with van der Waals surface area (Å²) in [7, 11) is 0. The van der Waals surface area contributed by atoms with Crippen LogP contribution in [-0.2, 0) is 5.75 Å². The lowest BCUT2D eigenvalue weighted by molar-refractivity contribution is 0.419. The quantitative estimate of drug-likeness (QED) is 0.848. The molecule has 1 heterocycles. The average Bonchev–Trinajstić information content (AvgIpc) is 2.81. The second-order valence-electron chi connectivity index (χ2n) is 3.73. The minimum absolute atomic E-state index is 0.0795. The van der Waals surface area contributed by atoms with E-state index in [1.54, 1.807) is 23.9 Å². The first kappa shape index (κ1) is 13.2. The van der Waals surface area contributed by atoms with Gasteiger partial charge in [-0.15, -0.1) is 0 Å². The van der Waals surface area contributed by atoms with E-state index in [0.29, 0.717) is 28.1 Å². The Morgan fingerprint density at radius 2 is 2.28 bits per heavy atom. The van der Waals surface area contributed by atoms with Crippen LogP contribution in [0.25, 0.3) is 11.5 Å². The van der Waals surface area contributed by atoms with Gasteiger partial charge in [-0.1, -0.05) is 23.7 Å². The normalized spacial score (nSPS) is 10.8. The lowest BCUT2D eigenvalue weighted by atomic mass is 10.2. The van der Waals surface area contributed by atoms with Crippen LogP contribution in [0.15, 0.2) is 22.7 Å². The highest BCUT2D eigenvalue weighted by Crippen LogP contribution is 2.30. The van der Waals surface area contributed by atoms with Crippen molar-refractivity contribution in [1.29, 1.82) is 0 Å². The van der Waals surface area contributed by atoms with Crippen molar-refractivity contribution in [1.82, 2.24) is 10.1 Å². The van der Waals surface area contributed by atoms with E-state index in [4.69, 9.17) is 16.1 Å². The number of hydrogen-bond donors (Lipinski definition) is 1. The molecule has 0 saturated heterocycles. The standard InChI is InChI=1S/C12H13ClN2O2S/c1-2-5-18-7-11-14-12(17-15-11)9-6-8(13)3-4-10(9)16/h3-4,6,16H,2,5,7H2,1H3. The number of thioether (sulfide) groups is 1. The van der Waals surface area contributed by atoms with Crippen molar-refractivity contribution in [3.8, 4) is 17.2 Å². The summed E-state index contributed by atoms with van der Waals surface area (Å²) < 4.78 is 5.12. The number of phenolic OH excluding ortho intramolecular Hbond substituents is 1. The molecule has 0 fully saturated rings. The summed E-state index contributed by atoms with van der Waals surface area (Å²) in [5.74, 6) is 2.77. The molecule has 0 saturated carbocycles. The first-order valence-electron chi connectivity index (χ1n) is 5.60. The van der Waals surface area contributed by atoms with Crippen molar-refractivity contribution in [3.63, 3.8) is 0 Å². The van der Waals surface area contributed by atoms with E-state index in [9.17, 15) is 5.11 Å². The average molecular weight is 285 g/mol. The molecule has 18 heavy (non-hydrogen) atoms. The first-order chi connectivity index (χ1) is 8.70. The van der Waals surface area contributed by atoms with Gasteiger partial charge in [0.05, 0.1) is 11.3 Å². The molecule has 4 nitrogen and oxygen atoms in total. The van der Waals surface area contributed by atoms with Crippen molar-refractivity contribution in [2.45, 2.75) is 19.1 Å². The van der Waals surface area contributed by atoms with Crippen molar-refractivity contribution in [3.05, 3.63) is 29.0 Å². The van der Waals surface area contributed by atoms with Crippen LogP contribution in [0.1, 0.15) is 19.2 Å². The maximum absolute atomic E-state index is 9.72.